The Balaban J connectivity index is 4.71. The number of hydrogen-bond acceptors (Lipinski definition) is 6. The summed E-state index contributed by atoms with van der Waals surface area (Å²) in [4.78, 5) is 49.2. The number of rotatable bonds is 16. The largest absolute Gasteiger partial charge is 0.379 e. The molecule has 0 fully saturated rings. The monoisotopic (exact) mass is 413 g/mol. The first-order chi connectivity index (χ1) is 13.5. The molecular weight excluding hydrogens is 374 g/mol. The summed E-state index contributed by atoms with van der Waals surface area (Å²) < 4.78 is 11.2. The molecule has 0 heterocycles. The zero-order valence-electron chi connectivity index (χ0n) is 19.2. The van der Waals surface area contributed by atoms with Gasteiger partial charge >= 0.3 is 0 Å². The Morgan fingerprint density at radius 2 is 1.07 bits per heavy atom. The Kier molecular flexibility index (Phi) is 13.6. The SMILES string of the molecule is CC(C)C(=O)CCOCC(COCCC(=O)C(C)C)N(C)C(=O)CC(=O)C(C)C. The van der Waals surface area contributed by atoms with Crippen LogP contribution in [-0.2, 0) is 28.7 Å². The number of nitrogens with zero attached hydrogens (tertiary/aromatic N) is 1. The second kappa shape index (κ2) is 14.4. The van der Waals surface area contributed by atoms with Gasteiger partial charge in [-0.1, -0.05) is 41.5 Å². The average molecular weight is 414 g/mol. The molecule has 0 unspecified atom stereocenters. The van der Waals surface area contributed by atoms with Gasteiger partial charge in [0.2, 0.25) is 5.91 Å². The first kappa shape index (κ1) is 27.4. The predicted octanol–water partition coefficient (Wildman–Crippen LogP) is 2.69. The van der Waals surface area contributed by atoms with Gasteiger partial charge in [0.15, 0.2) is 0 Å². The van der Waals surface area contributed by atoms with Crippen molar-refractivity contribution in [3.05, 3.63) is 0 Å². The van der Waals surface area contributed by atoms with Crippen molar-refractivity contribution >= 4 is 23.3 Å². The second-order valence-electron chi connectivity index (χ2n) is 8.35. The van der Waals surface area contributed by atoms with E-state index in [1.54, 1.807) is 20.9 Å². The maximum atomic E-state index is 12.4. The highest BCUT2D eigenvalue weighted by Gasteiger charge is 2.24. The van der Waals surface area contributed by atoms with Gasteiger partial charge in [0.25, 0.3) is 0 Å². The van der Waals surface area contributed by atoms with Gasteiger partial charge < -0.3 is 14.4 Å². The van der Waals surface area contributed by atoms with E-state index in [-0.39, 0.29) is 73.9 Å². The highest BCUT2D eigenvalue weighted by molar-refractivity contribution is 5.98. The van der Waals surface area contributed by atoms with E-state index in [9.17, 15) is 19.2 Å². The number of carbonyl (C=O) groups is 4. The van der Waals surface area contributed by atoms with Gasteiger partial charge in [-0.2, -0.15) is 0 Å². The molecule has 0 aromatic heterocycles. The Labute approximate surface area is 175 Å². The molecule has 168 valence electrons. The van der Waals surface area contributed by atoms with Crippen LogP contribution in [0.25, 0.3) is 0 Å². The van der Waals surface area contributed by atoms with Crippen LogP contribution in [0, 0.1) is 17.8 Å². The van der Waals surface area contributed by atoms with Gasteiger partial charge in [0.1, 0.15) is 17.3 Å². The van der Waals surface area contributed by atoms with Crippen LogP contribution in [0.2, 0.25) is 0 Å². The van der Waals surface area contributed by atoms with Crippen molar-refractivity contribution in [1.29, 1.82) is 0 Å². The molecule has 0 aliphatic rings. The van der Waals surface area contributed by atoms with Crippen LogP contribution in [0.5, 0.6) is 0 Å². The number of amides is 1. The van der Waals surface area contributed by atoms with Gasteiger partial charge in [0.05, 0.1) is 38.9 Å². The minimum absolute atomic E-state index is 0.0393. The average Bonchev–Trinajstić information content (AvgIpc) is 2.64. The molecule has 0 aliphatic heterocycles. The molecule has 1 amide bonds. The Morgan fingerprint density at radius 1 is 0.690 bits per heavy atom. The van der Waals surface area contributed by atoms with Crippen LogP contribution in [-0.4, -0.2) is 67.7 Å². The summed E-state index contributed by atoms with van der Waals surface area (Å²) in [6.45, 7) is 11.8. The van der Waals surface area contributed by atoms with Gasteiger partial charge in [-0.25, -0.2) is 0 Å². The van der Waals surface area contributed by atoms with E-state index >= 15 is 0 Å². The maximum absolute atomic E-state index is 12.4. The lowest BCUT2D eigenvalue weighted by molar-refractivity contribution is -0.140. The fourth-order valence-corrected chi connectivity index (χ4v) is 2.31. The third-order valence-electron chi connectivity index (χ3n) is 4.80. The minimum Gasteiger partial charge on any atom is -0.379 e. The zero-order chi connectivity index (χ0) is 22.6. The van der Waals surface area contributed by atoms with E-state index in [0.717, 1.165) is 0 Å². The molecule has 0 atom stereocenters. The van der Waals surface area contributed by atoms with Crippen LogP contribution >= 0.6 is 0 Å². The number of likely N-dealkylation sites (N-methyl/N-ethyl adjacent to an activating group) is 1. The molecule has 7 heteroatoms. The van der Waals surface area contributed by atoms with E-state index < -0.39 is 6.04 Å². The lowest BCUT2D eigenvalue weighted by atomic mass is 10.1. The summed E-state index contributed by atoms with van der Waals surface area (Å²) in [5.74, 6) is -0.453. The van der Waals surface area contributed by atoms with Gasteiger partial charge in [-0.3, -0.25) is 19.2 Å². The number of Topliss-reactive ketones (excluding diaryl/α,β-unsaturated/α-hetero) is 3. The molecular formula is C22H39NO6. The first-order valence-electron chi connectivity index (χ1n) is 10.5. The van der Waals surface area contributed by atoms with E-state index in [2.05, 4.69) is 0 Å². The molecule has 0 aromatic carbocycles. The van der Waals surface area contributed by atoms with Crippen LogP contribution in [0.1, 0.15) is 60.8 Å². The number of ether oxygens (including phenoxy) is 2. The molecule has 0 bridgehead atoms. The number of ketones is 3. The van der Waals surface area contributed by atoms with E-state index in [0.29, 0.717) is 12.8 Å². The normalized spacial score (nSPS) is 11.6. The maximum Gasteiger partial charge on any atom is 0.230 e. The molecule has 0 radical (unpaired) electrons. The third-order valence-corrected chi connectivity index (χ3v) is 4.80. The van der Waals surface area contributed by atoms with Crippen LogP contribution in [0.4, 0.5) is 0 Å². The van der Waals surface area contributed by atoms with Crippen molar-refractivity contribution in [2.75, 3.05) is 33.5 Å². The number of hydrogen-bond donors (Lipinski definition) is 0. The topological polar surface area (TPSA) is 90.0 Å². The predicted molar refractivity (Wildman–Crippen MR) is 112 cm³/mol. The molecule has 0 aliphatic carbocycles. The van der Waals surface area contributed by atoms with Crippen molar-refractivity contribution < 1.29 is 28.7 Å². The van der Waals surface area contributed by atoms with Crippen molar-refractivity contribution in [2.45, 2.75) is 66.8 Å². The highest BCUT2D eigenvalue weighted by atomic mass is 16.5. The third kappa shape index (κ3) is 11.9. The molecule has 29 heavy (non-hydrogen) atoms. The van der Waals surface area contributed by atoms with Crippen molar-refractivity contribution in [2.24, 2.45) is 17.8 Å². The molecule has 0 rings (SSSR count). The van der Waals surface area contributed by atoms with Crippen LogP contribution in [0.3, 0.4) is 0 Å². The Hall–Kier alpha value is -1.60. The van der Waals surface area contributed by atoms with Gasteiger partial charge in [-0.05, 0) is 0 Å². The summed E-state index contributed by atoms with van der Waals surface area (Å²) in [5, 5.41) is 0. The summed E-state index contributed by atoms with van der Waals surface area (Å²) in [7, 11) is 1.62. The van der Waals surface area contributed by atoms with Gasteiger partial charge in [0, 0.05) is 37.6 Å². The molecule has 0 N–H and O–H groups in total. The highest BCUT2D eigenvalue weighted by Crippen LogP contribution is 2.08. The summed E-state index contributed by atoms with van der Waals surface area (Å²) in [6.07, 6.45) is 0.470. The first-order valence-corrected chi connectivity index (χ1v) is 10.5. The Bertz CT molecular complexity index is 513. The Morgan fingerprint density at radius 3 is 1.41 bits per heavy atom. The quantitative estimate of drug-likeness (QED) is 0.285. The number of carbonyl (C=O) groups excluding carboxylic acids is 4. The molecule has 0 saturated carbocycles. The van der Waals surface area contributed by atoms with E-state index in [1.807, 2.05) is 27.7 Å². The fourth-order valence-electron chi connectivity index (χ4n) is 2.31. The van der Waals surface area contributed by atoms with Crippen molar-refractivity contribution in [3.63, 3.8) is 0 Å². The summed E-state index contributed by atoms with van der Waals surface area (Å²) in [5.41, 5.74) is 0. The van der Waals surface area contributed by atoms with E-state index in [4.69, 9.17) is 9.47 Å². The molecule has 0 aromatic rings. The fraction of sp³-hybridized carbons (Fsp3) is 0.818. The molecule has 0 saturated heterocycles. The lowest BCUT2D eigenvalue weighted by Crippen LogP contribution is -2.44. The second-order valence-corrected chi connectivity index (χ2v) is 8.35. The van der Waals surface area contributed by atoms with E-state index in [1.165, 1.54) is 4.90 Å². The van der Waals surface area contributed by atoms with Crippen molar-refractivity contribution in [3.8, 4) is 0 Å². The van der Waals surface area contributed by atoms with Crippen molar-refractivity contribution in [1.82, 2.24) is 4.90 Å². The minimum atomic E-state index is -0.397. The molecule has 0 spiro atoms. The zero-order valence-corrected chi connectivity index (χ0v) is 19.2. The summed E-state index contributed by atoms with van der Waals surface area (Å²) >= 11 is 0. The molecule has 7 nitrogen and oxygen atoms in total. The van der Waals surface area contributed by atoms with Crippen LogP contribution < -0.4 is 0 Å². The summed E-state index contributed by atoms with van der Waals surface area (Å²) in [6, 6.07) is -0.397. The smallest absolute Gasteiger partial charge is 0.230 e. The van der Waals surface area contributed by atoms with Gasteiger partial charge in [-0.15, -0.1) is 0 Å². The lowest BCUT2D eigenvalue weighted by Gasteiger charge is -2.28. The van der Waals surface area contributed by atoms with Crippen LogP contribution in [0.15, 0.2) is 0 Å². The standard InChI is InChI=1S/C22H39NO6/c1-15(2)19(24)8-10-28-13-18(14-29-11-9-20(25)16(3)4)23(7)22(27)12-21(26)17(5)6/h15-18H,8-14H2,1-7H3.